The summed E-state index contributed by atoms with van der Waals surface area (Å²) in [6.07, 6.45) is 4.10. The molecule has 0 bridgehead atoms. The van der Waals surface area contributed by atoms with E-state index in [9.17, 15) is 14.4 Å². The number of aromatic amines is 2. The standard InChI is InChI=1S/C14H14N2O3/c17-12(8-3-1-2-4-8)9-5-6-10-11(7-9)16-14(19)13(18)15-10/h5-8H,1-4H2,(H,15,18)(H,16,19). The Morgan fingerprint density at radius 2 is 1.63 bits per heavy atom. The Morgan fingerprint density at radius 3 is 2.32 bits per heavy atom. The summed E-state index contributed by atoms with van der Waals surface area (Å²) in [5.74, 6) is 0.235. The van der Waals surface area contributed by atoms with Gasteiger partial charge in [-0.15, -0.1) is 0 Å². The van der Waals surface area contributed by atoms with E-state index in [0.29, 0.717) is 16.6 Å². The van der Waals surface area contributed by atoms with E-state index in [0.717, 1.165) is 25.7 Å². The summed E-state index contributed by atoms with van der Waals surface area (Å²) < 4.78 is 0. The number of H-pyrrole nitrogens is 2. The number of carbonyl (C=O) groups is 1. The van der Waals surface area contributed by atoms with Crippen molar-refractivity contribution in [2.45, 2.75) is 25.7 Å². The predicted octanol–water partition coefficient (Wildman–Crippen LogP) is 1.59. The maximum atomic E-state index is 12.3. The van der Waals surface area contributed by atoms with Gasteiger partial charge in [0.25, 0.3) is 0 Å². The van der Waals surface area contributed by atoms with Crippen molar-refractivity contribution < 1.29 is 4.79 Å². The first-order chi connectivity index (χ1) is 9.15. The molecule has 1 aliphatic carbocycles. The molecule has 0 spiro atoms. The molecule has 0 atom stereocenters. The zero-order valence-corrected chi connectivity index (χ0v) is 10.4. The van der Waals surface area contributed by atoms with Crippen LogP contribution in [-0.4, -0.2) is 15.8 Å². The van der Waals surface area contributed by atoms with Gasteiger partial charge in [-0.1, -0.05) is 12.8 Å². The third kappa shape index (κ3) is 2.12. The highest BCUT2D eigenvalue weighted by Crippen LogP contribution is 2.28. The van der Waals surface area contributed by atoms with E-state index in [4.69, 9.17) is 0 Å². The molecule has 2 aromatic rings. The van der Waals surface area contributed by atoms with Gasteiger partial charge in [-0.05, 0) is 31.0 Å². The second kappa shape index (κ2) is 4.50. The minimum atomic E-state index is -0.696. The molecule has 2 N–H and O–H groups in total. The van der Waals surface area contributed by atoms with E-state index in [1.165, 1.54) is 0 Å². The number of ketones is 1. The van der Waals surface area contributed by atoms with Gasteiger partial charge in [-0.25, -0.2) is 0 Å². The van der Waals surface area contributed by atoms with Gasteiger partial charge in [-0.2, -0.15) is 0 Å². The van der Waals surface area contributed by atoms with Crippen molar-refractivity contribution >= 4 is 16.8 Å². The minimum Gasteiger partial charge on any atom is -0.316 e. The quantitative estimate of drug-likeness (QED) is 0.633. The van der Waals surface area contributed by atoms with Gasteiger partial charge in [-0.3, -0.25) is 14.4 Å². The van der Waals surface area contributed by atoms with Crippen LogP contribution in [0.2, 0.25) is 0 Å². The van der Waals surface area contributed by atoms with Crippen LogP contribution in [0.25, 0.3) is 11.0 Å². The first-order valence-corrected chi connectivity index (χ1v) is 6.46. The van der Waals surface area contributed by atoms with Crippen molar-refractivity contribution in [2.75, 3.05) is 0 Å². The summed E-state index contributed by atoms with van der Waals surface area (Å²) in [4.78, 5) is 39.7. The molecule has 0 amide bonds. The van der Waals surface area contributed by atoms with Gasteiger partial charge in [0.2, 0.25) is 0 Å². The summed E-state index contributed by atoms with van der Waals surface area (Å²) in [5, 5.41) is 0. The highest BCUT2D eigenvalue weighted by Gasteiger charge is 2.23. The van der Waals surface area contributed by atoms with Gasteiger partial charge in [0.1, 0.15) is 0 Å². The second-order valence-corrected chi connectivity index (χ2v) is 5.01. The SMILES string of the molecule is O=C(c1ccc2[nH]c(=O)c(=O)[nH]c2c1)C1CCCC1. The number of rotatable bonds is 2. The average molecular weight is 258 g/mol. The Bertz CT molecular complexity index is 751. The van der Waals surface area contributed by atoms with Crippen LogP contribution in [0.5, 0.6) is 0 Å². The summed E-state index contributed by atoms with van der Waals surface area (Å²) in [5.41, 5.74) is 0.253. The van der Waals surface area contributed by atoms with Crippen molar-refractivity contribution in [1.82, 2.24) is 9.97 Å². The number of hydrogen-bond donors (Lipinski definition) is 2. The van der Waals surface area contributed by atoms with E-state index in [1.54, 1.807) is 18.2 Å². The third-order valence-electron chi connectivity index (χ3n) is 3.73. The highest BCUT2D eigenvalue weighted by atomic mass is 16.2. The number of carbonyl (C=O) groups excluding carboxylic acids is 1. The van der Waals surface area contributed by atoms with Crippen molar-refractivity contribution in [3.8, 4) is 0 Å². The molecule has 0 aliphatic heterocycles. The van der Waals surface area contributed by atoms with Gasteiger partial charge >= 0.3 is 11.1 Å². The van der Waals surface area contributed by atoms with Gasteiger partial charge in [0, 0.05) is 11.5 Å². The molecule has 1 aliphatic rings. The van der Waals surface area contributed by atoms with Crippen LogP contribution in [0.4, 0.5) is 0 Å². The lowest BCUT2D eigenvalue weighted by Crippen LogP contribution is -2.29. The van der Waals surface area contributed by atoms with E-state index in [-0.39, 0.29) is 11.7 Å². The van der Waals surface area contributed by atoms with Crippen molar-refractivity contribution in [2.24, 2.45) is 5.92 Å². The number of benzene rings is 1. The monoisotopic (exact) mass is 258 g/mol. The molecule has 1 saturated carbocycles. The average Bonchev–Trinajstić information content (AvgIpc) is 2.93. The maximum Gasteiger partial charge on any atom is 0.314 e. The van der Waals surface area contributed by atoms with Gasteiger partial charge < -0.3 is 9.97 Å². The Kier molecular flexibility index (Phi) is 2.81. The van der Waals surface area contributed by atoms with Crippen molar-refractivity contribution in [3.63, 3.8) is 0 Å². The van der Waals surface area contributed by atoms with Crippen LogP contribution in [-0.2, 0) is 0 Å². The molecule has 1 aromatic carbocycles. The van der Waals surface area contributed by atoms with Crippen LogP contribution < -0.4 is 11.1 Å². The normalized spacial score (nSPS) is 16.0. The molecular formula is C14H14N2O3. The van der Waals surface area contributed by atoms with Crippen LogP contribution in [0, 0.1) is 5.92 Å². The molecule has 1 fully saturated rings. The number of Topliss-reactive ketones (excluding diaryl/α,β-unsaturated/α-hetero) is 1. The zero-order valence-electron chi connectivity index (χ0n) is 10.4. The van der Waals surface area contributed by atoms with Gasteiger partial charge in [0.15, 0.2) is 5.78 Å². The van der Waals surface area contributed by atoms with E-state index < -0.39 is 11.1 Å². The number of nitrogens with one attached hydrogen (secondary N) is 2. The molecule has 3 rings (SSSR count). The zero-order chi connectivity index (χ0) is 13.4. The summed E-state index contributed by atoms with van der Waals surface area (Å²) in [7, 11) is 0. The maximum absolute atomic E-state index is 12.3. The van der Waals surface area contributed by atoms with E-state index >= 15 is 0 Å². The lowest BCUT2D eigenvalue weighted by atomic mass is 9.96. The summed E-state index contributed by atoms with van der Waals surface area (Å²) in [6, 6.07) is 5.01. The summed E-state index contributed by atoms with van der Waals surface area (Å²) in [6.45, 7) is 0. The molecule has 1 heterocycles. The Labute approximate surface area is 108 Å². The van der Waals surface area contributed by atoms with Crippen molar-refractivity contribution in [1.29, 1.82) is 0 Å². The van der Waals surface area contributed by atoms with E-state index in [2.05, 4.69) is 9.97 Å². The molecule has 98 valence electrons. The van der Waals surface area contributed by atoms with Crippen molar-refractivity contribution in [3.05, 3.63) is 44.5 Å². The lowest BCUT2D eigenvalue weighted by Gasteiger charge is -2.08. The molecule has 5 heteroatoms. The third-order valence-corrected chi connectivity index (χ3v) is 3.73. The van der Waals surface area contributed by atoms with Crippen LogP contribution in [0.15, 0.2) is 27.8 Å². The van der Waals surface area contributed by atoms with E-state index in [1.807, 2.05) is 0 Å². The van der Waals surface area contributed by atoms with Crippen LogP contribution in [0.3, 0.4) is 0 Å². The Hall–Kier alpha value is -2.17. The van der Waals surface area contributed by atoms with Crippen LogP contribution >= 0.6 is 0 Å². The molecule has 0 saturated heterocycles. The fourth-order valence-electron chi connectivity index (χ4n) is 2.69. The number of fused-ring (bicyclic) bond motifs is 1. The molecule has 1 aromatic heterocycles. The smallest absolute Gasteiger partial charge is 0.314 e. The Balaban J connectivity index is 2.06. The molecular weight excluding hydrogens is 244 g/mol. The first kappa shape index (κ1) is 11.9. The Morgan fingerprint density at radius 1 is 1.00 bits per heavy atom. The van der Waals surface area contributed by atoms with Crippen LogP contribution in [0.1, 0.15) is 36.0 Å². The fourth-order valence-corrected chi connectivity index (χ4v) is 2.69. The second-order valence-electron chi connectivity index (χ2n) is 5.01. The molecule has 0 radical (unpaired) electrons. The predicted molar refractivity (Wildman–Crippen MR) is 71.5 cm³/mol. The molecule has 19 heavy (non-hydrogen) atoms. The topological polar surface area (TPSA) is 82.8 Å². The molecule has 0 unspecified atom stereocenters. The first-order valence-electron chi connectivity index (χ1n) is 6.46. The van der Waals surface area contributed by atoms with Gasteiger partial charge in [0.05, 0.1) is 11.0 Å². The summed E-state index contributed by atoms with van der Waals surface area (Å²) >= 11 is 0. The largest absolute Gasteiger partial charge is 0.316 e. The lowest BCUT2D eigenvalue weighted by molar-refractivity contribution is 0.0923. The number of hydrogen-bond acceptors (Lipinski definition) is 3. The minimum absolute atomic E-state index is 0.104. The fraction of sp³-hybridized carbons (Fsp3) is 0.357. The highest BCUT2D eigenvalue weighted by molar-refractivity contribution is 6.00. The number of aromatic nitrogens is 2. The molecule has 5 nitrogen and oxygen atoms in total.